The zero-order valence-corrected chi connectivity index (χ0v) is 11.0. The highest BCUT2D eigenvalue weighted by atomic mass is 79.9. The SMILES string of the molecule is CCOc1cc(C(C)(C)CBr)ccc1O. The van der Waals surface area contributed by atoms with Crippen LogP contribution in [0, 0.1) is 0 Å². The van der Waals surface area contributed by atoms with Crippen LogP contribution < -0.4 is 4.74 Å². The van der Waals surface area contributed by atoms with E-state index in [2.05, 4.69) is 29.8 Å². The van der Waals surface area contributed by atoms with Gasteiger partial charge >= 0.3 is 0 Å². The van der Waals surface area contributed by atoms with Gasteiger partial charge in [-0.05, 0) is 30.0 Å². The van der Waals surface area contributed by atoms with Crippen molar-refractivity contribution in [2.75, 3.05) is 11.9 Å². The molecule has 0 aliphatic carbocycles. The zero-order valence-electron chi connectivity index (χ0n) is 9.38. The van der Waals surface area contributed by atoms with E-state index >= 15 is 0 Å². The number of aromatic hydroxyl groups is 1. The Morgan fingerprint density at radius 2 is 2.07 bits per heavy atom. The van der Waals surface area contributed by atoms with Crippen LogP contribution in [-0.4, -0.2) is 17.0 Å². The summed E-state index contributed by atoms with van der Waals surface area (Å²) in [6, 6.07) is 5.52. The van der Waals surface area contributed by atoms with Gasteiger partial charge in [0.2, 0.25) is 0 Å². The van der Waals surface area contributed by atoms with Crippen molar-refractivity contribution in [3.05, 3.63) is 23.8 Å². The van der Waals surface area contributed by atoms with Gasteiger partial charge in [0.15, 0.2) is 11.5 Å². The summed E-state index contributed by atoms with van der Waals surface area (Å²) >= 11 is 3.49. The average Bonchev–Trinajstić information content (AvgIpc) is 2.21. The topological polar surface area (TPSA) is 29.5 Å². The number of phenolic OH excluding ortho intramolecular Hbond substituents is 1. The molecule has 1 aromatic rings. The summed E-state index contributed by atoms with van der Waals surface area (Å²) in [6.45, 7) is 6.75. The number of hydrogen-bond acceptors (Lipinski definition) is 2. The predicted molar refractivity (Wildman–Crippen MR) is 66.1 cm³/mol. The third kappa shape index (κ3) is 2.88. The van der Waals surface area contributed by atoms with E-state index in [-0.39, 0.29) is 11.2 Å². The van der Waals surface area contributed by atoms with Crippen molar-refractivity contribution in [3.63, 3.8) is 0 Å². The van der Waals surface area contributed by atoms with Crippen LogP contribution in [0.3, 0.4) is 0 Å². The Kier molecular flexibility index (Phi) is 4.03. The number of hydrogen-bond donors (Lipinski definition) is 1. The van der Waals surface area contributed by atoms with E-state index in [1.54, 1.807) is 6.07 Å². The molecule has 0 aliphatic rings. The zero-order chi connectivity index (χ0) is 11.5. The van der Waals surface area contributed by atoms with Gasteiger partial charge < -0.3 is 9.84 Å². The van der Waals surface area contributed by atoms with Crippen molar-refractivity contribution in [1.82, 2.24) is 0 Å². The first kappa shape index (κ1) is 12.4. The Labute approximate surface area is 99.4 Å². The van der Waals surface area contributed by atoms with Crippen LogP contribution in [0.25, 0.3) is 0 Å². The quantitative estimate of drug-likeness (QED) is 0.851. The Hall–Kier alpha value is -0.700. The van der Waals surface area contributed by atoms with Crippen LogP contribution in [-0.2, 0) is 5.41 Å². The van der Waals surface area contributed by atoms with E-state index in [4.69, 9.17) is 4.74 Å². The van der Waals surface area contributed by atoms with Crippen molar-refractivity contribution in [3.8, 4) is 11.5 Å². The lowest BCUT2D eigenvalue weighted by Crippen LogP contribution is -2.18. The molecule has 84 valence electrons. The molecule has 0 bridgehead atoms. The lowest BCUT2D eigenvalue weighted by molar-refractivity contribution is 0.317. The standard InChI is InChI=1S/C12H17BrO2/c1-4-15-11-7-9(5-6-10(11)14)12(2,3)8-13/h5-7,14H,4,8H2,1-3H3. The van der Waals surface area contributed by atoms with E-state index in [1.807, 2.05) is 19.1 Å². The second-order valence-corrected chi connectivity index (χ2v) is 4.69. The highest BCUT2D eigenvalue weighted by Gasteiger charge is 2.20. The molecule has 1 aromatic carbocycles. The Balaban J connectivity index is 3.07. The largest absolute Gasteiger partial charge is 0.504 e. The maximum absolute atomic E-state index is 9.57. The fourth-order valence-electron chi connectivity index (χ4n) is 1.28. The summed E-state index contributed by atoms with van der Waals surface area (Å²) in [4.78, 5) is 0. The van der Waals surface area contributed by atoms with E-state index in [9.17, 15) is 5.11 Å². The fourth-order valence-corrected chi connectivity index (χ4v) is 1.61. The summed E-state index contributed by atoms with van der Waals surface area (Å²) in [6.07, 6.45) is 0. The van der Waals surface area contributed by atoms with E-state index < -0.39 is 0 Å². The van der Waals surface area contributed by atoms with Gasteiger partial charge in [-0.25, -0.2) is 0 Å². The number of halogens is 1. The smallest absolute Gasteiger partial charge is 0.161 e. The molecule has 0 atom stereocenters. The van der Waals surface area contributed by atoms with Crippen LogP contribution in [0.15, 0.2) is 18.2 Å². The molecular formula is C12H17BrO2. The van der Waals surface area contributed by atoms with Gasteiger partial charge in [0, 0.05) is 5.33 Å². The maximum Gasteiger partial charge on any atom is 0.161 e. The summed E-state index contributed by atoms with van der Waals surface area (Å²) < 4.78 is 5.35. The molecular weight excluding hydrogens is 256 g/mol. The number of rotatable bonds is 4. The molecule has 2 nitrogen and oxygen atoms in total. The lowest BCUT2D eigenvalue weighted by atomic mass is 9.87. The molecule has 3 heteroatoms. The number of benzene rings is 1. The Morgan fingerprint density at radius 1 is 1.40 bits per heavy atom. The highest BCUT2D eigenvalue weighted by Crippen LogP contribution is 2.33. The maximum atomic E-state index is 9.57. The summed E-state index contributed by atoms with van der Waals surface area (Å²) in [7, 11) is 0. The van der Waals surface area contributed by atoms with Gasteiger partial charge in [-0.2, -0.15) is 0 Å². The second-order valence-electron chi connectivity index (χ2n) is 4.13. The van der Waals surface area contributed by atoms with Gasteiger partial charge in [0.1, 0.15) is 0 Å². The second kappa shape index (κ2) is 4.88. The predicted octanol–water partition coefficient (Wildman–Crippen LogP) is 3.46. The van der Waals surface area contributed by atoms with Gasteiger partial charge in [-0.3, -0.25) is 0 Å². The average molecular weight is 273 g/mol. The molecule has 15 heavy (non-hydrogen) atoms. The minimum atomic E-state index is 0.0412. The minimum Gasteiger partial charge on any atom is -0.504 e. The van der Waals surface area contributed by atoms with Crippen LogP contribution in [0.5, 0.6) is 11.5 Å². The van der Waals surface area contributed by atoms with Crippen molar-refractivity contribution in [1.29, 1.82) is 0 Å². The van der Waals surface area contributed by atoms with Crippen molar-refractivity contribution in [2.45, 2.75) is 26.2 Å². The molecule has 0 saturated carbocycles. The van der Waals surface area contributed by atoms with Gasteiger partial charge in [0.05, 0.1) is 6.61 Å². The first-order valence-corrected chi connectivity index (χ1v) is 6.15. The molecule has 0 aliphatic heterocycles. The minimum absolute atomic E-state index is 0.0412. The van der Waals surface area contributed by atoms with E-state index in [0.717, 1.165) is 10.9 Å². The molecule has 0 heterocycles. The molecule has 0 spiro atoms. The highest BCUT2D eigenvalue weighted by molar-refractivity contribution is 9.09. The van der Waals surface area contributed by atoms with Crippen molar-refractivity contribution >= 4 is 15.9 Å². The Morgan fingerprint density at radius 3 is 2.60 bits per heavy atom. The number of ether oxygens (including phenoxy) is 1. The molecule has 0 saturated heterocycles. The summed E-state index contributed by atoms with van der Waals surface area (Å²) in [5.74, 6) is 0.759. The lowest BCUT2D eigenvalue weighted by Gasteiger charge is -2.23. The fraction of sp³-hybridized carbons (Fsp3) is 0.500. The van der Waals surface area contributed by atoms with Gasteiger partial charge in [0.25, 0.3) is 0 Å². The van der Waals surface area contributed by atoms with Crippen LogP contribution in [0.1, 0.15) is 26.3 Å². The molecule has 1 N–H and O–H groups in total. The van der Waals surface area contributed by atoms with Crippen LogP contribution >= 0.6 is 15.9 Å². The number of phenols is 1. The third-order valence-corrected chi connectivity index (χ3v) is 3.78. The third-order valence-electron chi connectivity index (χ3n) is 2.38. The van der Waals surface area contributed by atoms with Crippen LogP contribution in [0.2, 0.25) is 0 Å². The molecule has 0 fully saturated rings. The normalized spacial score (nSPS) is 11.5. The van der Waals surface area contributed by atoms with Gasteiger partial charge in [-0.1, -0.05) is 35.8 Å². The molecule has 0 radical (unpaired) electrons. The first-order valence-electron chi connectivity index (χ1n) is 5.03. The summed E-state index contributed by atoms with van der Waals surface area (Å²) in [5.41, 5.74) is 1.19. The summed E-state index contributed by atoms with van der Waals surface area (Å²) in [5, 5.41) is 10.4. The molecule has 1 rings (SSSR count). The number of alkyl halides is 1. The first-order chi connectivity index (χ1) is 7.01. The van der Waals surface area contributed by atoms with Gasteiger partial charge in [-0.15, -0.1) is 0 Å². The van der Waals surface area contributed by atoms with Crippen molar-refractivity contribution < 1.29 is 9.84 Å². The molecule has 0 amide bonds. The molecule has 0 aromatic heterocycles. The van der Waals surface area contributed by atoms with Crippen molar-refractivity contribution in [2.24, 2.45) is 0 Å². The van der Waals surface area contributed by atoms with Crippen LogP contribution in [0.4, 0.5) is 0 Å². The Bertz CT molecular complexity index is 334. The van der Waals surface area contributed by atoms with E-state index in [0.29, 0.717) is 12.4 Å². The monoisotopic (exact) mass is 272 g/mol. The molecule has 0 unspecified atom stereocenters. The van der Waals surface area contributed by atoms with E-state index in [1.165, 1.54) is 0 Å².